The lowest BCUT2D eigenvalue weighted by molar-refractivity contribution is -0.124. The van der Waals surface area contributed by atoms with E-state index in [4.69, 9.17) is 4.99 Å². The number of carbonyl (C=O) groups is 2. The summed E-state index contributed by atoms with van der Waals surface area (Å²) in [5.41, 5.74) is 3.61. The summed E-state index contributed by atoms with van der Waals surface area (Å²) in [6, 6.07) is 23.5. The topological polar surface area (TPSA) is 70.0 Å². The number of rotatable bonds is 3. The second-order valence-corrected chi connectivity index (χ2v) is 10.0. The van der Waals surface area contributed by atoms with E-state index in [0.29, 0.717) is 24.2 Å². The quantitative estimate of drug-likeness (QED) is 0.546. The molecule has 0 saturated heterocycles. The number of phenolic OH excluding ortho intramolecular Hbond substituents is 1. The number of nitrogens with zero attached hydrogens (tertiary/aromatic N) is 2. The zero-order chi connectivity index (χ0) is 23.9. The number of ketones is 1. The minimum atomic E-state index is -0.589. The Kier molecular flexibility index (Phi) is 5.56. The molecule has 5 heteroatoms. The molecular weight excluding hydrogens is 424 g/mol. The highest BCUT2D eigenvalue weighted by atomic mass is 16.3. The smallest absolute Gasteiger partial charge is 0.232 e. The maximum absolute atomic E-state index is 14.0. The van der Waals surface area contributed by atoms with Crippen molar-refractivity contribution in [1.82, 2.24) is 0 Å². The number of phenols is 1. The highest BCUT2D eigenvalue weighted by molar-refractivity contribution is 6.13. The van der Waals surface area contributed by atoms with Gasteiger partial charge in [0.25, 0.3) is 0 Å². The number of hydrogen-bond donors (Lipinski definition) is 1. The number of para-hydroxylation sites is 2. The lowest BCUT2D eigenvalue weighted by Crippen LogP contribution is -2.47. The Morgan fingerprint density at radius 2 is 1.74 bits per heavy atom. The summed E-state index contributed by atoms with van der Waals surface area (Å²) in [6.45, 7) is 4.17. The fourth-order valence-corrected chi connectivity index (χ4v) is 5.31. The lowest BCUT2D eigenvalue weighted by atomic mass is 9.68. The van der Waals surface area contributed by atoms with Crippen LogP contribution in [0.15, 0.2) is 83.9 Å². The Balaban J connectivity index is 1.71. The molecule has 0 bridgehead atoms. The first-order valence-electron chi connectivity index (χ1n) is 11.7. The predicted octanol–water partition coefficient (Wildman–Crippen LogP) is 5.80. The highest BCUT2D eigenvalue weighted by Gasteiger charge is 2.47. The molecule has 1 heterocycles. The molecule has 3 aromatic carbocycles. The van der Waals surface area contributed by atoms with Crippen LogP contribution in [0.3, 0.4) is 0 Å². The van der Waals surface area contributed by atoms with E-state index in [1.807, 2.05) is 60.7 Å². The van der Waals surface area contributed by atoms with Gasteiger partial charge in [-0.25, -0.2) is 0 Å². The van der Waals surface area contributed by atoms with Crippen molar-refractivity contribution in [3.63, 3.8) is 0 Å². The molecule has 5 rings (SSSR count). The average Bonchev–Trinajstić information content (AvgIpc) is 2.93. The molecule has 2 unspecified atom stereocenters. The van der Waals surface area contributed by atoms with Crippen LogP contribution in [0, 0.1) is 11.3 Å². The van der Waals surface area contributed by atoms with Crippen LogP contribution in [0.25, 0.3) is 0 Å². The molecule has 5 nitrogen and oxygen atoms in total. The molecule has 1 N–H and O–H groups in total. The number of hydrogen-bond acceptors (Lipinski definition) is 4. The van der Waals surface area contributed by atoms with Gasteiger partial charge in [-0.1, -0.05) is 68.4 Å². The van der Waals surface area contributed by atoms with E-state index in [9.17, 15) is 14.7 Å². The molecule has 1 fully saturated rings. The zero-order valence-corrected chi connectivity index (χ0v) is 19.4. The molecule has 1 aliphatic heterocycles. The van der Waals surface area contributed by atoms with Crippen LogP contribution in [0.4, 0.5) is 11.4 Å². The number of aliphatic imine (C=N–C) groups is 1. The summed E-state index contributed by atoms with van der Waals surface area (Å²) >= 11 is 0. The molecular formula is C29H28N2O3. The summed E-state index contributed by atoms with van der Waals surface area (Å²) in [5.74, 6) is -0.496. The summed E-state index contributed by atoms with van der Waals surface area (Å²) in [5, 5.41) is 10.3. The number of aromatic hydroxyl groups is 1. The first-order chi connectivity index (χ1) is 16.3. The number of carbonyl (C=O) groups excluding carboxylic acids is 2. The van der Waals surface area contributed by atoms with Gasteiger partial charge in [0.05, 0.1) is 29.8 Å². The van der Waals surface area contributed by atoms with Crippen molar-refractivity contribution in [2.45, 2.75) is 39.2 Å². The molecule has 3 aromatic rings. The van der Waals surface area contributed by atoms with E-state index in [2.05, 4.69) is 13.8 Å². The Hall–Kier alpha value is -3.73. The predicted molar refractivity (Wildman–Crippen MR) is 134 cm³/mol. The van der Waals surface area contributed by atoms with Crippen LogP contribution in [0.5, 0.6) is 5.75 Å². The Bertz CT molecular complexity index is 1280. The normalized spacial score (nSPS) is 21.2. The van der Waals surface area contributed by atoms with E-state index in [0.717, 1.165) is 16.8 Å². The molecule has 34 heavy (non-hydrogen) atoms. The third kappa shape index (κ3) is 4.14. The third-order valence-corrected chi connectivity index (χ3v) is 6.70. The Morgan fingerprint density at radius 3 is 2.50 bits per heavy atom. The molecule has 1 amide bonds. The summed E-state index contributed by atoms with van der Waals surface area (Å²) in [4.78, 5) is 34.4. The standard InChI is InChI=1S/C29H28N2O3/c1-29(2)17-23-27(25(33)18-29)28(20-11-8-12-21(32)16-20)31(24-14-7-6-13-22(24)30-23)26(34)15-19-9-4-3-5-10-19/h3-14,16,27-28,32H,15,17-18H2,1-2H3. The van der Waals surface area contributed by atoms with Gasteiger partial charge in [-0.15, -0.1) is 0 Å². The monoisotopic (exact) mass is 452 g/mol. The zero-order valence-electron chi connectivity index (χ0n) is 19.4. The van der Waals surface area contributed by atoms with Crippen molar-refractivity contribution >= 4 is 28.8 Å². The molecule has 1 saturated carbocycles. The number of Topliss-reactive ketones (excluding diaryl/α,β-unsaturated/α-hetero) is 1. The van der Waals surface area contributed by atoms with Crippen molar-refractivity contribution in [1.29, 1.82) is 0 Å². The van der Waals surface area contributed by atoms with Crippen molar-refractivity contribution in [3.05, 3.63) is 90.0 Å². The van der Waals surface area contributed by atoms with E-state index < -0.39 is 12.0 Å². The molecule has 1 aliphatic carbocycles. The van der Waals surface area contributed by atoms with Gasteiger partial charge in [0.1, 0.15) is 11.5 Å². The second-order valence-electron chi connectivity index (χ2n) is 10.0. The van der Waals surface area contributed by atoms with Crippen LogP contribution in [-0.4, -0.2) is 22.5 Å². The highest BCUT2D eigenvalue weighted by Crippen LogP contribution is 2.48. The van der Waals surface area contributed by atoms with Gasteiger partial charge >= 0.3 is 0 Å². The van der Waals surface area contributed by atoms with Gasteiger partial charge in [-0.3, -0.25) is 14.6 Å². The number of amides is 1. The minimum Gasteiger partial charge on any atom is -0.508 e. The fraction of sp³-hybridized carbons (Fsp3) is 0.276. The molecule has 172 valence electrons. The van der Waals surface area contributed by atoms with Gasteiger partial charge < -0.3 is 10.0 Å². The first-order valence-corrected chi connectivity index (χ1v) is 11.7. The van der Waals surface area contributed by atoms with Gasteiger partial charge in [-0.05, 0) is 47.2 Å². The maximum Gasteiger partial charge on any atom is 0.232 e. The van der Waals surface area contributed by atoms with Crippen molar-refractivity contribution in [2.24, 2.45) is 16.3 Å². The largest absolute Gasteiger partial charge is 0.508 e. The second kappa shape index (κ2) is 8.56. The number of anilines is 1. The summed E-state index contributed by atoms with van der Waals surface area (Å²) in [6.07, 6.45) is 1.29. The van der Waals surface area contributed by atoms with Crippen LogP contribution in [0.1, 0.15) is 43.9 Å². The van der Waals surface area contributed by atoms with Crippen LogP contribution < -0.4 is 4.90 Å². The van der Waals surface area contributed by atoms with Gasteiger partial charge in [0.15, 0.2) is 0 Å². The van der Waals surface area contributed by atoms with Crippen LogP contribution in [-0.2, 0) is 16.0 Å². The minimum absolute atomic E-state index is 0.0775. The Morgan fingerprint density at radius 1 is 1.00 bits per heavy atom. The first kappa shape index (κ1) is 22.1. The van der Waals surface area contributed by atoms with Crippen molar-refractivity contribution in [2.75, 3.05) is 4.90 Å². The summed E-state index contributed by atoms with van der Waals surface area (Å²) in [7, 11) is 0. The SMILES string of the molecule is CC1(C)CC(=O)C2C(=Nc3ccccc3N(C(=O)Cc3ccccc3)C2c2cccc(O)c2)C1. The molecule has 0 spiro atoms. The van der Waals surface area contributed by atoms with Crippen molar-refractivity contribution < 1.29 is 14.7 Å². The van der Waals surface area contributed by atoms with Gasteiger partial charge in [-0.2, -0.15) is 0 Å². The van der Waals surface area contributed by atoms with E-state index in [1.165, 1.54) is 0 Å². The van der Waals surface area contributed by atoms with Crippen LogP contribution >= 0.6 is 0 Å². The number of benzene rings is 3. The molecule has 0 radical (unpaired) electrons. The number of fused-ring (bicyclic) bond motifs is 2. The average molecular weight is 453 g/mol. The van der Waals surface area contributed by atoms with Gasteiger partial charge in [0.2, 0.25) is 5.91 Å². The van der Waals surface area contributed by atoms with E-state index in [1.54, 1.807) is 23.1 Å². The maximum atomic E-state index is 14.0. The van der Waals surface area contributed by atoms with E-state index >= 15 is 0 Å². The summed E-state index contributed by atoms with van der Waals surface area (Å²) < 4.78 is 0. The lowest BCUT2D eigenvalue weighted by Gasteiger charge is -2.41. The van der Waals surface area contributed by atoms with E-state index in [-0.39, 0.29) is 29.3 Å². The van der Waals surface area contributed by atoms with Crippen LogP contribution in [0.2, 0.25) is 0 Å². The molecule has 0 aromatic heterocycles. The Labute approximate surface area is 199 Å². The molecule has 2 aliphatic rings. The van der Waals surface area contributed by atoms with Crippen molar-refractivity contribution in [3.8, 4) is 5.75 Å². The molecule has 2 atom stereocenters. The third-order valence-electron chi connectivity index (χ3n) is 6.70. The fourth-order valence-electron chi connectivity index (χ4n) is 5.31. The van der Waals surface area contributed by atoms with Gasteiger partial charge in [0, 0.05) is 12.1 Å².